The lowest BCUT2D eigenvalue weighted by Gasteiger charge is -1.80. The maximum Gasteiger partial charge on any atom is 0.215 e. The molecule has 0 aromatic carbocycles. The van der Waals surface area contributed by atoms with Crippen LogP contribution in [0.4, 0.5) is 0 Å². The van der Waals surface area contributed by atoms with Gasteiger partial charge in [-0.05, 0) is 13.3 Å². The lowest BCUT2D eigenvalue weighted by atomic mass is 10.3. The van der Waals surface area contributed by atoms with Gasteiger partial charge in [-0.25, -0.2) is 6.57 Å². The lowest BCUT2D eigenvalue weighted by Crippen LogP contribution is -1.72. The first-order valence-electron chi connectivity index (χ1n) is 2.86. The molecule has 0 radical (unpaired) electrons. The first kappa shape index (κ1) is 7.23. The number of hydrogen-bond acceptors (Lipinski definition) is 0. The van der Waals surface area contributed by atoms with Crippen molar-refractivity contribution < 1.29 is 0 Å². The smallest absolute Gasteiger partial charge is 0.215 e. The van der Waals surface area contributed by atoms with Crippen LogP contribution in [0.5, 0.6) is 0 Å². The van der Waals surface area contributed by atoms with Gasteiger partial charge in [-0.3, -0.25) is 0 Å². The fourth-order valence-corrected chi connectivity index (χ4v) is 0.455. The maximum absolute atomic E-state index is 6.44. The van der Waals surface area contributed by atoms with E-state index in [1.807, 2.05) is 13.0 Å². The molecule has 0 unspecified atom stereocenters. The van der Waals surface area contributed by atoms with E-state index in [2.05, 4.69) is 10.9 Å². The van der Waals surface area contributed by atoms with Crippen LogP contribution in [0.2, 0.25) is 0 Å². The number of unbranched alkanes of at least 4 members (excludes halogenated alkanes) is 1. The summed E-state index contributed by atoms with van der Waals surface area (Å²) in [5, 5.41) is 0. The standard InChI is InChI=1S/C7H11N/c1-3-4-5-6-7-8-2/h3-4H,5-7H2,1H3/b4-3+. The second-order valence-corrected chi connectivity index (χ2v) is 1.59. The highest BCUT2D eigenvalue weighted by molar-refractivity contribution is 4.77. The molecule has 0 fully saturated rings. The van der Waals surface area contributed by atoms with Crippen LogP contribution in [0.15, 0.2) is 12.2 Å². The molecule has 44 valence electrons. The summed E-state index contributed by atoms with van der Waals surface area (Å²) in [5.74, 6) is 0. The predicted octanol–water partition coefficient (Wildman–Crippen LogP) is 2.26. The summed E-state index contributed by atoms with van der Waals surface area (Å²) in [7, 11) is 0. The second kappa shape index (κ2) is 6.23. The molecule has 0 N–H and O–H groups in total. The van der Waals surface area contributed by atoms with Crippen molar-refractivity contribution in [1.82, 2.24) is 0 Å². The van der Waals surface area contributed by atoms with Gasteiger partial charge in [0.05, 0.1) is 0 Å². The third-order valence-electron chi connectivity index (χ3n) is 0.876. The first-order chi connectivity index (χ1) is 3.91. The average Bonchev–Trinajstić information content (AvgIpc) is 1.81. The van der Waals surface area contributed by atoms with Crippen LogP contribution >= 0.6 is 0 Å². The van der Waals surface area contributed by atoms with Gasteiger partial charge in [0.25, 0.3) is 0 Å². The lowest BCUT2D eigenvalue weighted by molar-refractivity contribution is 0.921. The number of hydrogen-bond donors (Lipinski definition) is 0. The molecular formula is C7H11N. The topological polar surface area (TPSA) is 4.36 Å². The highest BCUT2D eigenvalue weighted by Gasteiger charge is 1.81. The number of rotatable bonds is 3. The predicted molar refractivity (Wildman–Crippen MR) is 35.5 cm³/mol. The normalized spacial score (nSPS) is 9.50. The molecule has 0 heterocycles. The Morgan fingerprint density at radius 1 is 1.62 bits per heavy atom. The minimum absolute atomic E-state index is 0.671. The van der Waals surface area contributed by atoms with Gasteiger partial charge in [-0.1, -0.05) is 12.2 Å². The molecule has 8 heavy (non-hydrogen) atoms. The van der Waals surface area contributed by atoms with Crippen LogP contribution in [0.1, 0.15) is 19.8 Å². The van der Waals surface area contributed by atoms with Crippen LogP contribution < -0.4 is 0 Å². The van der Waals surface area contributed by atoms with Crippen molar-refractivity contribution >= 4 is 0 Å². The molecule has 0 aromatic heterocycles. The minimum atomic E-state index is 0.671. The van der Waals surface area contributed by atoms with Gasteiger partial charge in [0, 0.05) is 6.42 Å². The molecule has 0 aliphatic rings. The van der Waals surface area contributed by atoms with Gasteiger partial charge >= 0.3 is 0 Å². The van der Waals surface area contributed by atoms with Crippen LogP contribution in [0.25, 0.3) is 4.85 Å². The van der Waals surface area contributed by atoms with E-state index in [4.69, 9.17) is 6.57 Å². The van der Waals surface area contributed by atoms with Gasteiger partial charge in [0.1, 0.15) is 0 Å². The zero-order valence-electron chi connectivity index (χ0n) is 5.22. The van der Waals surface area contributed by atoms with Crippen molar-refractivity contribution in [3.05, 3.63) is 23.6 Å². The van der Waals surface area contributed by atoms with Gasteiger partial charge in [0.2, 0.25) is 6.54 Å². The first-order valence-corrected chi connectivity index (χ1v) is 2.86. The molecule has 1 heteroatoms. The Kier molecular flexibility index (Phi) is 5.63. The molecule has 1 nitrogen and oxygen atoms in total. The van der Waals surface area contributed by atoms with Crippen molar-refractivity contribution in [3.8, 4) is 0 Å². The van der Waals surface area contributed by atoms with Crippen LogP contribution in [0.3, 0.4) is 0 Å². The molecule has 0 bridgehead atoms. The zero-order chi connectivity index (χ0) is 6.24. The summed E-state index contributed by atoms with van der Waals surface area (Å²) in [6.07, 6.45) is 6.17. The Balaban J connectivity index is 2.85. The largest absolute Gasteiger partial charge is 0.317 e. The number of nitrogens with zero attached hydrogens (tertiary/aromatic N) is 1. The Morgan fingerprint density at radius 2 is 2.38 bits per heavy atom. The van der Waals surface area contributed by atoms with Crippen LogP contribution in [0, 0.1) is 6.57 Å². The molecule has 0 atom stereocenters. The zero-order valence-corrected chi connectivity index (χ0v) is 5.22. The summed E-state index contributed by atoms with van der Waals surface area (Å²) in [4.78, 5) is 3.22. The third-order valence-corrected chi connectivity index (χ3v) is 0.876. The van der Waals surface area contributed by atoms with Gasteiger partial charge < -0.3 is 4.85 Å². The molecule has 0 saturated heterocycles. The summed E-state index contributed by atoms with van der Waals surface area (Å²) in [6.45, 7) is 9.11. The van der Waals surface area contributed by atoms with Crippen molar-refractivity contribution in [1.29, 1.82) is 0 Å². The highest BCUT2D eigenvalue weighted by atomic mass is 14.6. The molecule has 0 rings (SSSR count). The molecule has 0 saturated carbocycles. The van der Waals surface area contributed by atoms with E-state index in [-0.39, 0.29) is 0 Å². The summed E-state index contributed by atoms with van der Waals surface area (Å²) in [5.41, 5.74) is 0. The monoisotopic (exact) mass is 109 g/mol. The van der Waals surface area contributed by atoms with Crippen molar-refractivity contribution in [2.75, 3.05) is 6.54 Å². The van der Waals surface area contributed by atoms with E-state index in [1.165, 1.54) is 0 Å². The minimum Gasteiger partial charge on any atom is -0.317 e. The molecule has 0 aromatic rings. The molecule has 0 aliphatic carbocycles. The molecule has 0 amide bonds. The van der Waals surface area contributed by atoms with E-state index >= 15 is 0 Å². The van der Waals surface area contributed by atoms with E-state index < -0.39 is 0 Å². The average molecular weight is 109 g/mol. The molecular weight excluding hydrogens is 98.1 g/mol. The SMILES string of the molecule is [C-]#[N+]CCC/C=C/C. The quantitative estimate of drug-likeness (QED) is 0.297. The Morgan fingerprint density at radius 3 is 2.88 bits per heavy atom. The van der Waals surface area contributed by atoms with Gasteiger partial charge in [-0.15, -0.1) is 0 Å². The third kappa shape index (κ3) is 5.23. The van der Waals surface area contributed by atoms with Crippen molar-refractivity contribution in [2.45, 2.75) is 19.8 Å². The van der Waals surface area contributed by atoms with Crippen molar-refractivity contribution in [2.24, 2.45) is 0 Å². The summed E-state index contributed by atoms with van der Waals surface area (Å²) < 4.78 is 0. The fourth-order valence-electron chi connectivity index (χ4n) is 0.455. The number of allylic oxidation sites excluding steroid dienone is 2. The molecule has 0 aliphatic heterocycles. The maximum atomic E-state index is 6.44. The van der Waals surface area contributed by atoms with Crippen LogP contribution in [-0.2, 0) is 0 Å². The summed E-state index contributed by atoms with van der Waals surface area (Å²) in [6, 6.07) is 0. The molecule has 0 spiro atoms. The summed E-state index contributed by atoms with van der Waals surface area (Å²) >= 11 is 0. The van der Waals surface area contributed by atoms with E-state index in [0.717, 1.165) is 12.8 Å². The van der Waals surface area contributed by atoms with E-state index in [0.29, 0.717) is 6.54 Å². The highest BCUT2D eigenvalue weighted by Crippen LogP contribution is 1.89. The fraction of sp³-hybridized carbons (Fsp3) is 0.571. The second-order valence-electron chi connectivity index (χ2n) is 1.59. The Hall–Kier alpha value is -0.770. The van der Waals surface area contributed by atoms with Crippen molar-refractivity contribution in [3.63, 3.8) is 0 Å². The van der Waals surface area contributed by atoms with E-state index in [9.17, 15) is 0 Å². The van der Waals surface area contributed by atoms with E-state index in [1.54, 1.807) is 0 Å². The Labute approximate surface area is 50.8 Å². The van der Waals surface area contributed by atoms with Gasteiger partial charge in [-0.2, -0.15) is 0 Å². The van der Waals surface area contributed by atoms with Gasteiger partial charge in [0.15, 0.2) is 0 Å². The Bertz CT molecular complexity index is 97.4. The van der Waals surface area contributed by atoms with Crippen LogP contribution in [-0.4, -0.2) is 6.54 Å².